The lowest BCUT2D eigenvalue weighted by molar-refractivity contribution is 0.0901. The summed E-state index contributed by atoms with van der Waals surface area (Å²) < 4.78 is 13.9. The minimum Gasteiger partial charge on any atom is -0.409 e. The van der Waals surface area contributed by atoms with Crippen LogP contribution in [-0.4, -0.2) is 28.3 Å². The molecule has 6 heteroatoms. The van der Waals surface area contributed by atoms with E-state index in [2.05, 4.69) is 10.5 Å². The van der Waals surface area contributed by atoms with Crippen LogP contribution in [0.2, 0.25) is 0 Å². The summed E-state index contributed by atoms with van der Waals surface area (Å²) >= 11 is 0. The van der Waals surface area contributed by atoms with Crippen LogP contribution in [0.3, 0.4) is 0 Å². The molecule has 1 aromatic carbocycles. The molecule has 2 atom stereocenters. The molecule has 0 saturated heterocycles. The van der Waals surface area contributed by atoms with Crippen molar-refractivity contribution in [2.75, 3.05) is 0 Å². The molecule has 0 radical (unpaired) electrons. The summed E-state index contributed by atoms with van der Waals surface area (Å²) in [6.07, 6.45) is 3.47. The first-order valence-corrected chi connectivity index (χ1v) is 6.79. The first-order valence-electron chi connectivity index (χ1n) is 6.79. The first-order chi connectivity index (χ1) is 9.61. The Balaban J connectivity index is 1.99. The summed E-state index contributed by atoms with van der Waals surface area (Å²) in [4.78, 5) is 0. The van der Waals surface area contributed by atoms with Crippen LogP contribution < -0.4 is 11.1 Å². The molecule has 1 aromatic rings. The monoisotopic (exact) mass is 281 g/mol. The van der Waals surface area contributed by atoms with Gasteiger partial charge in [-0.25, -0.2) is 4.39 Å². The van der Waals surface area contributed by atoms with Crippen molar-refractivity contribution in [1.82, 2.24) is 5.32 Å². The molecule has 1 saturated carbocycles. The molecule has 0 heterocycles. The largest absolute Gasteiger partial charge is 0.409 e. The van der Waals surface area contributed by atoms with Crippen molar-refractivity contribution in [2.24, 2.45) is 10.9 Å². The summed E-state index contributed by atoms with van der Waals surface area (Å²) in [7, 11) is 0. The van der Waals surface area contributed by atoms with Gasteiger partial charge in [0.1, 0.15) is 5.82 Å². The number of hydrogen-bond donors (Lipinski definition) is 4. The van der Waals surface area contributed by atoms with Crippen molar-refractivity contribution in [3.8, 4) is 0 Å². The number of amidine groups is 1. The van der Waals surface area contributed by atoms with Gasteiger partial charge in [0.15, 0.2) is 5.84 Å². The summed E-state index contributed by atoms with van der Waals surface area (Å²) in [5, 5.41) is 24.4. The molecule has 0 spiro atoms. The third-order valence-corrected chi connectivity index (χ3v) is 3.74. The van der Waals surface area contributed by atoms with Gasteiger partial charge >= 0.3 is 0 Å². The van der Waals surface area contributed by atoms with Crippen LogP contribution in [0.5, 0.6) is 0 Å². The number of nitrogens with zero attached hydrogens (tertiary/aromatic N) is 1. The van der Waals surface area contributed by atoms with E-state index in [9.17, 15) is 9.50 Å². The molecule has 1 aliphatic rings. The molecule has 2 rings (SSSR count). The standard InChI is InChI=1S/C14H20FN3O2/c15-11-7-9(14(16)18-20)5-6-10(11)8-17-12-3-1-2-4-13(12)19/h5-7,12-13,17,19-20H,1-4,8H2,(H2,16,18). The number of halogens is 1. The molecular weight excluding hydrogens is 261 g/mol. The molecule has 0 amide bonds. The van der Waals surface area contributed by atoms with E-state index in [0.29, 0.717) is 17.7 Å². The van der Waals surface area contributed by atoms with Crippen molar-refractivity contribution >= 4 is 5.84 Å². The van der Waals surface area contributed by atoms with Crippen molar-refractivity contribution < 1.29 is 14.7 Å². The molecular formula is C14H20FN3O2. The molecule has 2 unspecified atom stereocenters. The number of rotatable bonds is 4. The normalized spacial score (nSPS) is 23.8. The van der Waals surface area contributed by atoms with Gasteiger partial charge in [-0.2, -0.15) is 0 Å². The molecule has 1 aliphatic carbocycles. The van der Waals surface area contributed by atoms with Crippen LogP contribution in [0.15, 0.2) is 23.4 Å². The van der Waals surface area contributed by atoms with Crippen LogP contribution in [-0.2, 0) is 6.54 Å². The maximum absolute atomic E-state index is 13.9. The SMILES string of the molecule is NC(=NO)c1ccc(CNC2CCCCC2O)c(F)c1. The van der Waals surface area contributed by atoms with Gasteiger partial charge in [0, 0.05) is 23.7 Å². The second kappa shape index (κ2) is 6.67. The number of aliphatic hydroxyl groups is 1. The fourth-order valence-electron chi connectivity index (χ4n) is 2.50. The zero-order valence-corrected chi connectivity index (χ0v) is 11.2. The van der Waals surface area contributed by atoms with Crippen LogP contribution in [0.4, 0.5) is 4.39 Å². The average Bonchev–Trinajstić information content (AvgIpc) is 2.46. The lowest BCUT2D eigenvalue weighted by Crippen LogP contribution is -2.41. The average molecular weight is 281 g/mol. The summed E-state index contributed by atoms with van der Waals surface area (Å²) in [6.45, 7) is 0.351. The van der Waals surface area contributed by atoms with Crippen molar-refractivity contribution in [3.05, 3.63) is 35.1 Å². The zero-order valence-electron chi connectivity index (χ0n) is 11.2. The van der Waals surface area contributed by atoms with E-state index >= 15 is 0 Å². The quantitative estimate of drug-likeness (QED) is 0.290. The molecule has 0 bridgehead atoms. The predicted octanol–water partition coefficient (Wildman–Crippen LogP) is 1.31. The number of oxime groups is 1. The van der Waals surface area contributed by atoms with E-state index in [1.807, 2.05) is 0 Å². The number of nitrogens with one attached hydrogen (secondary N) is 1. The molecule has 0 aromatic heterocycles. The fraction of sp³-hybridized carbons (Fsp3) is 0.500. The van der Waals surface area contributed by atoms with Crippen LogP contribution in [0.1, 0.15) is 36.8 Å². The summed E-state index contributed by atoms with van der Waals surface area (Å²) in [5.74, 6) is -0.530. The van der Waals surface area contributed by atoms with E-state index < -0.39 is 5.82 Å². The number of hydrogen-bond acceptors (Lipinski definition) is 4. The smallest absolute Gasteiger partial charge is 0.170 e. The zero-order chi connectivity index (χ0) is 14.5. The van der Waals surface area contributed by atoms with E-state index in [0.717, 1.165) is 25.7 Å². The number of benzene rings is 1. The fourth-order valence-corrected chi connectivity index (χ4v) is 2.50. The maximum Gasteiger partial charge on any atom is 0.170 e. The lowest BCUT2D eigenvalue weighted by atomic mass is 9.92. The third kappa shape index (κ3) is 3.46. The second-order valence-corrected chi connectivity index (χ2v) is 5.13. The maximum atomic E-state index is 13.9. The Morgan fingerprint density at radius 3 is 2.80 bits per heavy atom. The number of aliphatic hydroxyl groups excluding tert-OH is 1. The van der Waals surface area contributed by atoms with Gasteiger partial charge in [0.2, 0.25) is 0 Å². The highest BCUT2D eigenvalue weighted by Crippen LogP contribution is 2.19. The summed E-state index contributed by atoms with van der Waals surface area (Å²) in [6, 6.07) is 4.47. The van der Waals surface area contributed by atoms with Crippen LogP contribution in [0, 0.1) is 5.82 Å². The molecule has 5 nitrogen and oxygen atoms in total. The van der Waals surface area contributed by atoms with Gasteiger partial charge in [-0.3, -0.25) is 0 Å². The van der Waals surface area contributed by atoms with Gasteiger partial charge in [-0.05, 0) is 18.9 Å². The Kier molecular flexibility index (Phi) is 4.92. The Hall–Kier alpha value is -1.66. The Morgan fingerprint density at radius 1 is 1.40 bits per heavy atom. The predicted molar refractivity (Wildman–Crippen MR) is 74.0 cm³/mol. The van der Waals surface area contributed by atoms with E-state index in [4.69, 9.17) is 10.9 Å². The van der Waals surface area contributed by atoms with Crippen LogP contribution >= 0.6 is 0 Å². The highest BCUT2D eigenvalue weighted by Gasteiger charge is 2.22. The Bertz CT molecular complexity index is 493. The minimum absolute atomic E-state index is 0.0203. The van der Waals surface area contributed by atoms with Gasteiger partial charge in [0.25, 0.3) is 0 Å². The van der Waals surface area contributed by atoms with E-state index in [1.165, 1.54) is 6.07 Å². The topological polar surface area (TPSA) is 90.9 Å². The second-order valence-electron chi connectivity index (χ2n) is 5.13. The van der Waals surface area contributed by atoms with Gasteiger partial charge in [-0.15, -0.1) is 0 Å². The molecule has 5 N–H and O–H groups in total. The van der Waals surface area contributed by atoms with Crippen molar-refractivity contribution in [3.63, 3.8) is 0 Å². The molecule has 1 fully saturated rings. The number of nitrogens with two attached hydrogens (primary N) is 1. The minimum atomic E-state index is -0.410. The highest BCUT2D eigenvalue weighted by atomic mass is 19.1. The Labute approximate surface area is 117 Å². The third-order valence-electron chi connectivity index (χ3n) is 3.74. The summed E-state index contributed by atoms with van der Waals surface area (Å²) in [5.41, 5.74) is 6.24. The highest BCUT2D eigenvalue weighted by molar-refractivity contribution is 5.97. The Morgan fingerprint density at radius 2 is 2.15 bits per heavy atom. The first kappa shape index (κ1) is 14.7. The van der Waals surface area contributed by atoms with E-state index in [1.54, 1.807) is 12.1 Å². The van der Waals surface area contributed by atoms with Gasteiger partial charge < -0.3 is 21.4 Å². The lowest BCUT2D eigenvalue weighted by Gasteiger charge is -2.28. The molecule has 110 valence electrons. The van der Waals surface area contributed by atoms with E-state index in [-0.39, 0.29) is 18.0 Å². The molecule has 0 aliphatic heterocycles. The van der Waals surface area contributed by atoms with Gasteiger partial charge in [-0.1, -0.05) is 30.1 Å². The van der Waals surface area contributed by atoms with Crippen LogP contribution in [0.25, 0.3) is 0 Å². The molecule has 20 heavy (non-hydrogen) atoms. The van der Waals surface area contributed by atoms with Crippen molar-refractivity contribution in [1.29, 1.82) is 0 Å². The van der Waals surface area contributed by atoms with Crippen molar-refractivity contribution in [2.45, 2.75) is 44.4 Å². The van der Waals surface area contributed by atoms with Gasteiger partial charge in [0.05, 0.1) is 6.10 Å².